The van der Waals surface area contributed by atoms with E-state index in [1.54, 1.807) is 0 Å². The molecule has 0 aromatic heterocycles. The lowest BCUT2D eigenvalue weighted by Gasteiger charge is -2.68. The van der Waals surface area contributed by atoms with E-state index in [0.29, 0.717) is 53.3 Å². The van der Waals surface area contributed by atoms with E-state index in [1.807, 2.05) is 44.2 Å². The maximum atomic E-state index is 14.8. The Morgan fingerprint density at radius 3 is 2.41 bits per heavy atom. The van der Waals surface area contributed by atoms with Gasteiger partial charge in [-0.3, -0.25) is 4.79 Å². The Kier molecular flexibility index (Phi) is 13.0. The summed E-state index contributed by atoms with van der Waals surface area (Å²) < 4.78 is 20.5. The second-order valence-corrected chi connectivity index (χ2v) is 21.2. The molecule has 0 saturated heterocycles. The number of rotatable bonds is 15. The summed E-state index contributed by atoms with van der Waals surface area (Å²) in [7, 11) is 0. The summed E-state index contributed by atoms with van der Waals surface area (Å²) in [6.45, 7) is 23.9. The van der Waals surface area contributed by atoms with Crippen LogP contribution < -0.4 is 5.32 Å². The molecule has 5 aliphatic rings. The van der Waals surface area contributed by atoms with Gasteiger partial charge in [-0.05, 0) is 186 Å². The molecule has 0 heterocycles. The maximum absolute atomic E-state index is 14.8. The van der Waals surface area contributed by atoms with E-state index in [1.165, 1.54) is 74.5 Å². The number of aliphatic hydroxyl groups is 1. The predicted molar refractivity (Wildman–Crippen MR) is 230 cm³/mol. The third-order valence-electron chi connectivity index (χ3n) is 17.2. The number of fused-ring (bicyclic) bond motifs is 5. The first-order valence-electron chi connectivity index (χ1n) is 22.8. The second kappa shape index (κ2) is 16.8. The van der Waals surface area contributed by atoms with Crippen molar-refractivity contribution < 1.29 is 19.0 Å². The minimum Gasteiger partial charge on any atom is -0.460 e. The van der Waals surface area contributed by atoms with Gasteiger partial charge in [0.2, 0.25) is 0 Å². The quantitative estimate of drug-likeness (QED) is 0.106. The highest BCUT2D eigenvalue weighted by atomic mass is 19.1. The highest BCUT2D eigenvalue weighted by Gasteiger charge is 2.66. The molecule has 5 aliphatic carbocycles. The average molecular weight is 772 g/mol. The van der Waals surface area contributed by atoms with Crippen molar-refractivity contribution in [2.45, 2.75) is 176 Å². The number of alkyl halides is 1. The summed E-state index contributed by atoms with van der Waals surface area (Å²) in [4.78, 5) is 13.4. The number of carbonyl (C=O) groups excluding carboxylic acids is 1. The number of benzene rings is 1. The zero-order valence-corrected chi connectivity index (χ0v) is 36.7. The predicted octanol–water partition coefficient (Wildman–Crippen LogP) is 12.7. The van der Waals surface area contributed by atoms with Crippen molar-refractivity contribution >= 4 is 5.97 Å². The molecular formula is C51H78FNO3. The van der Waals surface area contributed by atoms with E-state index < -0.39 is 23.7 Å². The van der Waals surface area contributed by atoms with E-state index >= 15 is 0 Å². The fraction of sp³-hybridized carbons (Fsp3) is 0.745. The summed E-state index contributed by atoms with van der Waals surface area (Å²) in [6, 6.07) is 9.70. The standard InChI is InChI=1S/C51H78FNO3/c1-10-11-18-42(38-21-27-50(35-52,28-22-38)45(54)56-34-37-16-13-12-14-17-37)47(6,7)39-23-26-48(8)40(33-39)19-20-43-44-41(36(2)3)24-29-51(44,31-30-49(43,48)9)53-32-15-25-46(4,5)55/h12-14,16-18,21,39-41,43-44,53,55H,2,10-11,15,19-20,22-35H2,1,3-9H3/b42-18-/t39-,40-,41+,43-,44-,48-,49-,50+,51+/m1/s1. The summed E-state index contributed by atoms with van der Waals surface area (Å²) in [5, 5.41) is 14.6. The van der Waals surface area contributed by atoms with Gasteiger partial charge in [0.15, 0.2) is 0 Å². The van der Waals surface area contributed by atoms with Crippen LogP contribution in [-0.2, 0) is 16.1 Å². The van der Waals surface area contributed by atoms with Crippen molar-refractivity contribution in [3.63, 3.8) is 0 Å². The molecule has 4 saturated carbocycles. The molecule has 4 fully saturated rings. The first kappa shape index (κ1) is 43.3. The van der Waals surface area contributed by atoms with Crippen LogP contribution in [0.5, 0.6) is 0 Å². The number of allylic oxidation sites excluding steroid dienone is 5. The highest BCUT2D eigenvalue weighted by Crippen LogP contribution is 2.72. The molecule has 5 heteroatoms. The number of hydrogen-bond acceptors (Lipinski definition) is 4. The smallest absolute Gasteiger partial charge is 0.315 e. The van der Waals surface area contributed by atoms with Crippen LogP contribution in [0, 0.1) is 51.2 Å². The fourth-order valence-corrected chi connectivity index (χ4v) is 13.4. The van der Waals surface area contributed by atoms with Gasteiger partial charge in [0.05, 0.1) is 11.0 Å². The molecule has 56 heavy (non-hydrogen) atoms. The van der Waals surface area contributed by atoms with E-state index in [0.717, 1.165) is 44.2 Å². The number of nitrogens with one attached hydrogen (secondary N) is 1. The van der Waals surface area contributed by atoms with E-state index in [-0.39, 0.29) is 17.6 Å². The molecule has 0 aliphatic heterocycles. The van der Waals surface area contributed by atoms with Crippen molar-refractivity contribution in [1.82, 2.24) is 5.32 Å². The van der Waals surface area contributed by atoms with Gasteiger partial charge >= 0.3 is 5.97 Å². The Labute approximate surface area is 341 Å². The number of ether oxygens (including phenoxy) is 1. The summed E-state index contributed by atoms with van der Waals surface area (Å²) >= 11 is 0. The molecule has 0 amide bonds. The SMILES string of the molecule is C=C(C)[C@@H]1CC[C@]2(NCCCC(C)(C)O)CC[C@]3(C)[C@H](CC[C@@H]4C[C@H](C(C)(C)/C(=C\CCC)C5=CC[C@](CF)(C(=O)OCc6ccccc6)CC5)CC[C@]43C)[C@@H]12. The van der Waals surface area contributed by atoms with Crippen LogP contribution in [0.3, 0.4) is 0 Å². The molecule has 0 bridgehead atoms. The number of unbranched alkanes of at least 4 members (excludes halogenated alkanes) is 1. The minimum absolute atomic E-state index is 0.00507. The molecule has 1 aromatic rings. The summed E-state index contributed by atoms with van der Waals surface area (Å²) in [5.41, 5.74) is 4.20. The van der Waals surface area contributed by atoms with Gasteiger partial charge in [-0.15, -0.1) is 0 Å². The second-order valence-electron chi connectivity index (χ2n) is 21.2. The normalized spacial score (nSPS) is 36.2. The maximum Gasteiger partial charge on any atom is 0.315 e. The molecule has 0 radical (unpaired) electrons. The summed E-state index contributed by atoms with van der Waals surface area (Å²) in [5.74, 6) is 2.83. The molecule has 312 valence electrons. The molecule has 0 spiro atoms. The van der Waals surface area contributed by atoms with Crippen molar-refractivity contribution in [2.75, 3.05) is 13.2 Å². The molecule has 6 rings (SSSR count). The van der Waals surface area contributed by atoms with Crippen molar-refractivity contribution in [1.29, 1.82) is 0 Å². The van der Waals surface area contributed by atoms with Gasteiger partial charge in [-0.1, -0.05) is 95.7 Å². The van der Waals surface area contributed by atoms with Crippen LogP contribution in [0.15, 0.2) is 65.8 Å². The third-order valence-corrected chi connectivity index (χ3v) is 17.2. The number of halogens is 1. The van der Waals surface area contributed by atoms with Crippen LogP contribution >= 0.6 is 0 Å². The van der Waals surface area contributed by atoms with Crippen molar-refractivity contribution in [3.8, 4) is 0 Å². The first-order valence-corrected chi connectivity index (χ1v) is 22.8. The Morgan fingerprint density at radius 1 is 1.02 bits per heavy atom. The Bertz CT molecular complexity index is 1610. The minimum atomic E-state index is -1.09. The molecule has 9 atom stereocenters. The number of esters is 1. The summed E-state index contributed by atoms with van der Waals surface area (Å²) in [6.07, 6.45) is 21.8. The van der Waals surface area contributed by atoms with E-state index in [9.17, 15) is 14.3 Å². The Hall–Kier alpha value is -2.24. The van der Waals surface area contributed by atoms with Crippen LogP contribution in [0.25, 0.3) is 0 Å². The molecule has 1 aromatic carbocycles. The number of hydrogen-bond donors (Lipinski definition) is 2. The van der Waals surface area contributed by atoms with Gasteiger partial charge in [0, 0.05) is 5.54 Å². The van der Waals surface area contributed by atoms with Gasteiger partial charge in [0.25, 0.3) is 0 Å². The topological polar surface area (TPSA) is 58.6 Å². The average Bonchev–Trinajstić information content (AvgIpc) is 3.56. The molecule has 2 N–H and O–H groups in total. The van der Waals surface area contributed by atoms with Crippen LogP contribution in [-0.4, -0.2) is 35.4 Å². The highest BCUT2D eigenvalue weighted by molar-refractivity contribution is 5.78. The van der Waals surface area contributed by atoms with Crippen LogP contribution in [0.1, 0.15) is 164 Å². The lowest BCUT2D eigenvalue weighted by Crippen LogP contribution is -2.65. The zero-order chi connectivity index (χ0) is 40.6. The van der Waals surface area contributed by atoms with Gasteiger partial charge in [-0.2, -0.15) is 0 Å². The van der Waals surface area contributed by atoms with Gasteiger partial charge in [-0.25, -0.2) is 4.39 Å². The molecular weight excluding hydrogens is 694 g/mol. The third kappa shape index (κ3) is 8.17. The monoisotopic (exact) mass is 772 g/mol. The largest absolute Gasteiger partial charge is 0.460 e. The lowest BCUT2D eigenvalue weighted by atomic mass is 9.38. The van der Waals surface area contributed by atoms with Crippen molar-refractivity contribution in [2.24, 2.45) is 51.2 Å². The fourth-order valence-electron chi connectivity index (χ4n) is 13.4. The molecule has 4 nitrogen and oxygen atoms in total. The zero-order valence-electron chi connectivity index (χ0n) is 36.7. The van der Waals surface area contributed by atoms with Crippen LogP contribution in [0.4, 0.5) is 4.39 Å². The van der Waals surface area contributed by atoms with Crippen molar-refractivity contribution in [3.05, 3.63) is 71.3 Å². The Morgan fingerprint density at radius 2 is 1.77 bits per heavy atom. The van der Waals surface area contributed by atoms with E-state index in [4.69, 9.17) is 4.74 Å². The van der Waals surface area contributed by atoms with E-state index in [2.05, 4.69) is 65.6 Å². The number of carbonyl (C=O) groups is 1. The lowest BCUT2D eigenvalue weighted by molar-refractivity contribution is -0.176. The Balaban J connectivity index is 1.18. The van der Waals surface area contributed by atoms with Crippen LogP contribution in [0.2, 0.25) is 0 Å². The van der Waals surface area contributed by atoms with Gasteiger partial charge in [0.1, 0.15) is 13.3 Å². The molecule has 0 unspecified atom stereocenters. The van der Waals surface area contributed by atoms with Gasteiger partial charge < -0.3 is 15.2 Å². The first-order chi connectivity index (χ1) is 26.5.